The van der Waals surface area contributed by atoms with Crippen LogP contribution in [0.5, 0.6) is 11.5 Å². The summed E-state index contributed by atoms with van der Waals surface area (Å²) in [6.07, 6.45) is 3.43. The third kappa shape index (κ3) is 3.39. The molecular weight excluding hydrogens is 479 g/mol. The van der Waals surface area contributed by atoms with Crippen molar-refractivity contribution in [2.24, 2.45) is 5.41 Å². The summed E-state index contributed by atoms with van der Waals surface area (Å²) in [5.41, 5.74) is 7.20. The second-order valence-corrected chi connectivity index (χ2v) is 8.99. The molecule has 1 aromatic carbocycles. The average molecular weight is 502 g/mol. The molecule has 0 atom stereocenters. The number of anilines is 3. The van der Waals surface area contributed by atoms with E-state index in [0.717, 1.165) is 31.5 Å². The molecule has 2 amide bonds. The highest BCUT2D eigenvalue weighted by Gasteiger charge is 2.53. The van der Waals surface area contributed by atoms with Crippen LogP contribution >= 0.6 is 35.6 Å². The molecule has 172 valence electrons. The summed E-state index contributed by atoms with van der Waals surface area (Å²) >= 11 is 13.2. The molecule has 1 aliphatic carbocycles. The zero-order chi connectivity index (χ0) is 21.9. The quantitative estimate of drug-likeness (QED) is 0.660. The molecule has 3 aliphatic rings. The highest BCUT2D eigenvalue weighted by Crippen LogP contribution is 2.51. The van der Waals surface area contributed by atoms with E-state index in [1.165, 1.54) is 19.1 Å². The topological polar surface area (TPSA) is 106 Å². The monoisotopic (exact) mass is 500 g/mol. The molecule has 0 radical (unpaired) electrons. The molecule has 1 aromatic heterocycles. The predicted molar refractivity (Wildman–Crippen MR) is 126 cm³/mol. The van der Waals surface area contributed by atoms with Crippen molar-refractivity contribution in [2.75, 3.05) is 42.8 Å². The molecule has 1 saturated carbocycles. The molecule has 5 rings (SSSR count). The van der Waals surface area contributed by atoms with Gasteiger partial charge in [-0.15, -0.1) is 12.4 Å². The molecule has 1 saturated heterocycles. The van der Waals surface area contributed by atoms with Crippen molar-refractivity contribution in [1.29, 1.82) is 0 Å². The molecular formula is C20H23Cl3N6O3. The number of nitrogens with zero attached hydrogens (tertiary/aromatic N) is 4. The minimum atomic E-state index is -0.267. The first kappa shape index (κ1) is 23.0. The summed E-state index contributed by atoms with van der Waals surface area (Å²) in [6.45, 7) is 2.14. The van der Waals surface area contributed by atoms with Gasteiger partial charge in [0, 0.05) is 37.0 Å². The van der Waals surface area contributed by atoms with Crippen molar-refractivity contribution in [3.05, 3.63) is 27.9 Å². The molecule has 2 fully saturated rings. The van der Waals surface area contributed by atoms with E-state index in [0.29, 0.717) is 23.0 Å². The third-order valence-electron chi connectivity index (χ3n) is 6.38. The van der Waals surface area contributed by atoms with Gasteiger partial charge in [-0.1, -0.05) is 23.2 Å². The predicted octanol–water partition coefficient (Wildman–Crippen LogP) is 3.50. The number of halogens is 3. The number of hydrogen-bond acceptors (Lipinski definition) is 7. The van der Waals surface area contributed by atoms with Crippen LogP contribution in [0.1, 0.15) is 18.4 Å². The first-order valence-electron chi connectivity index (χ1n) is 9.90. The molecule has 0 bridgehead atoms. The van der Waals surface area contributed by atoms with Gasteiger partial charge in [-0.25, -0.2) is 9.78 Å². The summed E-state index contributed by atoms with van der Waals surface area (Å²) in [7, 11) is 2.99. The molecule has 2 aromatic rings. The van der Waals surface area contributed by atoms with Crippen molar-refractivity contribution in [2.45, 2.75) is 25.4 Å². The van der Waals surface area contributed by atoms with Crippen LogP contribution in [0.25, 0.3) is 0 Å². The van der Waals surface area contributed by atoms with E-state index >= 15 is 0 Å². The number of nitrogens with one attached hydrogen (secondary N) is 1. The Bertz CT molecular complexity index is 1040. The van der Waals surface area contributed by atoms with Crippen LogP contribution in [0, 0.1) is 5.41 Å². The number of nitrogen functional groups attached to an aromatic ring is 1. The lowest BCUT2D eigenvalue weighted by atomic mass is 9.61. The molecule has 9 nitrogen and oxygen atoms in total. The largest absolute Gasteiger partial charge is 0.495 e. The van der Waals surface area contributed by atoms with E-state index in [4.69, 9.17) is 38.4 Å². The van der Waals surface area contributed by atoms with Gasteiger partial charge in [0.2, 0.25) is 5.95 Å². The number of carbonyl (C=O) groups excluding carboxylic acids is 1. The fourth-order valence-electron chi connectivity index (χ4n) is 4.69. The number of amides is 2. The van der Waals surface area contributed by atoms with Gasteiger partial charge in [0.25, 0.3) is 0 Å². The van der Waals surface area contributed by atoms with E-state index in [1.807, 2.05) is 0 Å². The summed E-state index contributed by atoms with van der Waals surface area (Å²) < 4.78 is 10.8. The number of carbonyl (C=O) groups is 1. The van der Waals surface area contributed by atoms with Crippen molar-refractivity contribution in [3.63, 3.8) is 0 Å². The average Bonchev–Trinajstić information content (AvgIpc) is 2.68. The van der Waals surface area contributed by atoms with Crippen LogP contribution in [-0.2, 0) is 6.54 Å². The van der Waals surface area contributed by atoms with Crippen molar-refractivity contribution in [3.8, 4) is 11.5 Å². The maximum atomic E-state index is 13.8. The number of hydrogen-bond donors (Lipinski definition) is 2. The van der Waals surface area contributed by atoms with Crippen LogP contribution in [0.4, 0.5) is 22.2 Å². The highest BCUT2D eigenvalue weighted by atomic mass is 35.5. The first-order valence-corrected chi connectivity index (χ1v) is 10.7. The smallest absolute Gasteiger partial charge is 0.330 e. The maximum absolute atomic E-state index is 13.8. The molecule has 32 heavy (non-hydrogen) atoms. The molecule has 3 heterocycles. The number of methoxy groups -OCH3 is 2. The number of ether oxygens (including phenoxy) is 2. The van der Waals surface area contributed by atoms with Crippen LogP contribution in [0.3, 0.4) is 0 Å². The van der Waals surface area contributed by atoms with Gasteiger partial charge < -0.3 is 20.5 Å². The highest BCUT2D eigenvalue weighted by molar-refractivity contribution is 6.42. The van der Waals surface area contributed by atoms with Crippen molar-refractivity contribution >= 4 is 59.1 Å². The van der Waals surface area contributed by atoms with Gasteiger partial charge >= 0.3 is 6.03 Å². The van der Waals surface area contributed by atoms with E-state index in [9.17, 15) is 4.79 Å². The lowest BCUT2D eigenvalue weighted by Gasteiger charge is -2.57. The normalized spacial score (nSPS) is 19.1. The number of urea groups is 1. The van der Waals surface area contributed by atoms with E-state index in [2.05, 4.69) is 15.3 Å². The van der Waals surface area contributed by atoms with Gasteiger partial charge in [0.1, 0.15) is 27.4 Å². The van der Waals surface area contributed by atoms with Gasteiger partial charge in [-0.3, -0.25) is 9.80 Å². The second kappa shape index (κ2) is 8.30. The van der Waals surface area contributed by atoms with Crippen LogP contribution < -0.4 is 30.3 Å². The Morgan fingerprint density at radius 2 is 1.81 bits per heavy atom. The molecule has 3 N–H and O–H groups in total. The summed E-state index contributed by atoms with van der Waals surface area (Å²) in [5, 5.41) is 3.78. The number of rotatable bonds is 4. The first-order chi connectivity index (χ1) is 14.9. The van der Waals surface area contributed by atoms with Crippen LogP contribution in [-0.4, -0.2) is 49.4 Å². The Morgan fingerprint density at radius 1 is 1.19 bits per heavy atom. The second-order valence-electron chi connectivity index (χ2n) is 8.24. The van der Waals surface area contributed by atoms with E-state index in [1.54, 1.807) is 17.2 Å². The number of aromatic nitrogens is 2. The Morgan fingerprint density at radius 3 is 2.34 bits per heavy atom. The summed E-state index contributed by atoms with van der Waals surface area (Å²) in [5.74, 6) is 1.39. The Labute approximate surface area is 201 Å². The van der Waals surface area contributed by atoms with Crippen LogP contribution in [0.2, 0.25) is 10.0 Å². The Hall–Kier alpha value is -2.20. The number of fused-ring (bicyclic) bond motifs is 1. The minimum absolute atomic E-state index is 0. The Balaban J connectivity index is 0.00000245. The van der Waals surface area contributed by atoms with Gasteiger partial charge in [0.15, 0.2) is 0 Å². The zero-order valence-electron chi connectivity index (χ0n) is 17.5. The SMILES string of the molecule is COc1cc(OC)c(Cl)c(N2Cc3cnc(N)nc3N(C3CC4(CNC4)C3)C2=O)c1Cl.Cl. The van der Waals surface area contributed by atoms with Gasteiger partial charge in [-0.2, -0.15) is 4.98 Å². The summed E-state index contributed by atoms with van der Waals surface area (Å²) in [6, 6.07) is 1.34. The Kier molecular flexibility index (Phi) is 5.96. The van der Waals surface area contributed by atoms with Crippen molar-refractivity contribution < 1.29 is 14.3 Å². The lowest BCUT2D eigenvalue weighted by molar-refractivity contribution is 0.0378. The standard InChI is InChI=1S/C20H22Cl2N6O3.ClH/c1-30-12-3-13(31-2)15(22)16(14(12)21)27-7-10-6-25-18(23)26-17(10)28(19(27)29)11-4-20(5-11)8-24-9-20;/h3,6,11,24H,4-5,7-9H2,1-2H3,(H2,23,25,26);1H. The number of nitrogens with two attached hydrogens (primary N) is 1. The van der Waals surface area contributed by atoms with Gasteiger partial charge in [0.05, 0.1) is 26.5 Å². The van der Waals surface area contributed by atoms with E-state index in [-0.39, 0.29) is 52.4 Å². The van der Waals surface area contributed by atoms with Crippen molar-refractivity contribution in [1.82, 2.24) is 15.3 Å². The lowest BCUT2D eigenvalue weighted by Crippen LogP contribution is -2.67. The molecule has 2 aliphatic heterocycles. The molecule has 0 unspecified atom stereocenters. The zero-order valence-corrected chi connectivity index (χ0v) is 19.9. The molecule has 1 spiro atoms. The minimum Gasteiger partial charge on any atom is -0.495 e. The molecule has 12 heteroatoms. The fraction of sp³-hybridized carbons (Fsp3) is 0.450. The van der Waals surface area contributed by atoms with E-state index < -0.39 is 0 Å². The fourth-order valence-corrected chi connectivity index (χ4v) is 5.40. The van der Waals surface area contributed by atoms with Crippen LogP contribution in [0.15, 0.2) is 12.3 Å². The third-order valence-corrected chi connectivity index (χ3v) is 7.11. The summed E-state index contributed by atoms with van der Waals surface area (Å²) in [4.78, 5) is 25.6. The maximum Gasteiger partial charge on any atom is 0.330 e. The number of benzene rings is 1. The van der Waals surface area contributed by atoms with Gasteiger partial charge in [-0.05, 0) is 18.3 Å².